The normalized spacial score (nSPS) is 10.8. The summed E-state index contributed by atoms with van der Waals surface area (Å²) in [7, 11) is 1.65. The summed E-state index contributed by atoms with van der Waals surface area (Å²) in [5.41, 5.74) is 4.09. The zero-order valence-electron chi connectivity index (χ0n) is 14.0. The van der Waals surface area contributed by atoms with Crippen LogP contribution in [-0.2, 0) is 17.8 Å². The molecule has 0 radical (unpaired) electrons. The molecule has 0 aliphatic carbocycles. The van der Waals surface area contributed by atoms with E-state index in [0.717, 1.165) is 22.5 Å². The van der Waals surface area contributed by atoms with Crippen LogP contribution in [0.25, 0.3) is 0 Å². The van der Waals surface area contributed by atoms with Crippen LogP contribution in [0.4, 0.5) is 0 Å². The molecule has 0 bridgehead atoms. The Morgan fingerprint density at radius 2 is 2.09 bits per heavy atom. The molecule has 1 aromatic carbocycles. The second-order valence-corrected chi connectivity index (χ2v) is 5.57. The van der Waals surface area contributed by atoms with Crippen molar-refractivity contribution in [2.24, 2.45) is 0 Å². The lowest BCUT2D eigenvalue weighted by molar-refractivity contribution is 0.0948. The predicted octanol–water partition coefficient (Wildman–Crippen LogP) is 2.09. The van der Waals surface area contributed by atoms with Crippen LogP contribution in [0.15, 0.2) is 18.2 Å². The third kappa shape index (κ3) is 3.90. The molecule has 124 valence electrons. The molecule has 6 heteroatoms. The van der Waals surface area contributed by atoms with Crippen LogP contribution in [-0.4, -0.2) is 34.5 Å². The number of aryl methyl sites for hydroxylation is 2. The van der Waals surface area contributed by atoms with Gasteiger partial charge in [0.2, 0.25) is 0 Å². The van der Waals surface area contributed by atoms with Gasteiger partial charge in [-0.15, -0.1) is 0 Å². The second kappa shape index (κ2) is 7.28. The summed E-state index contributed by atoms with van der Waals surface area (Å²) in [4.78, 5) is 12.3. The number of nitrogens with one attached hydrogen (secondary N) is 1. The van der Waals surface area contributed by atoms with Gasteiger partial charge in [0, 0.05) is 24.9 Å². The van der Waals surface area contributed by atoms with Gasteiger partial charge in [-0.25, -0.2) is 0 Å². The van der Waals surface area contributed by atoms with Gasteiger partial charge in [-0.3, -0.25) is 9.48 Å². The maximum atomic E-state index is 12.3. The van der Waals surface area contributed by atoms with Gasteiger partial charge in [0.1, 0.15) is 5.75 Å². The number of phenolic OH excluding ortho intramolecular Hbond substituents is 1. The van der Waals surface area contributed by atoms with Crippen LogP contribution in [0.5, 0.6) is 5.75 Å². The van der Waals surface area contributed by atoms with Crippen LogP contribution in [0.1, 0.15) is 32.9 Å². The molecule has 2 rings (SSSR count). The van der Waals surface area contributed by atoms with Crippen molar-refractivity contribution >= 4 is 5.91 Å². The largest absolute Gasteiger partial charge is 0.507 e. The molecule has 0 saturated heterocycles. The lowest BCUT2D eigenvalue weighted by Gasteiger charge is -2.09. The van der Waals surface area contributed by atoms with E-state index in [9.17, 15) is 9.90 Å². The standard InChI is InChI=1S/C17H23N3O3/c1-11-5-6-16(21)14(9-11)17(22)18-10-15-12(2)19-20(13(15)3)7-8-23-4/h5-6,9,21H,7-8,10H2,1-4H3,(H,18,22). The number of amides is 1. The molecule has 0 atom stereocenters. The number of nitrogens with zero attached hydrogens (tertiary/aromatic N) is 2. The molecule has 2 N–H and O–H groups in total. The first kappa shape index (κ1) is 17.0. The minimum Gasteiger partial charge on any atom is -0.507 e. The van der Waals surface area contributed by atoms with Crippen molar-refractivity contribution in [3.05, 3.63) is 46.3 Å². The van der Waals surface area contributed by atoms with Crippen LogP contribution < -0.4 is 5.32 Å². The van der Waals surface area contributed by atoms with E-state index in [1.165, 1.54) is 6.07 Å². The summed E-state index contributed by atoms with van der Waals surface area (Å²) in [5, 5.41) is 17.1. The molecule has 1 amide bonds. The zero-order valence-corrected chi connectivity index (χ0v) is 14.0. The maximum Gasteiger partial charge on any atom is 0.255 e. The highest BCUT2D eigenvalue weighted by molar-refractivity contribution is 5.96. The predicted molar refractivity (Wildman–Crippen MR) is 87.6 cm³/mol. The van der Waals surface area contributed by atoms with Crippen LogP contribution in [0.3, 0.4) is 0 Å². The first-order valence-corrected chi connectivity index (χ1v) is 7.53. The van der Waals surface area contributed by atoms with Crippen molar-refractivity contribution in [3.63, 3.8) is 0 Å². The number of methoxy groups -OCH3 is 1. The fourth-order valence-electron chi connectivity index (χ4n) is 2.48. The minimum absolute atomic E-state index is 0.0164. The van der Waals surface area contributed by atoms with Gasteiger partial charge in [-0.2, -0.15) is 5.10 Å². The first-order chi connectivity index (χ1) is 10.9. The average molecular weight is 317 g/mol. The van der Waals surface area contributed by atoms with Gasteiger partial charge >= 0.3 is 0 Å². The van der Waals surface area contributed by atoms with Crippen LogP contribution >= 0.6 is 0 Å². The highest BCUT2D eigenvalue weighted by Crippen LogP contribution is 2.19. The Labute approximate surface area is 136 Å². The molecule has 0 fully saturated rings. The molecule has 2 aromatic rings. The number of carbonyl (C=O) groups is 1. The Balaban J connectivity index is 2.10. The minimum atomic E-state index is -0.297. The number of hydrogen-bond donors (Lipinski definition) is 2. The fourth-order valence-corrected chi connectivity index (χ4v) is 2.48. The lowest BCUT2D eigenvalue weighted by Crippen LogP contribution is -2.23. The number of rotatable bonds is 6. The van der Waals surface area contributed by atoms with E-state index in [1.807, 2.05) is 25.5 Å². The number of aromatic hydroxyl groups is 1. The Kier molecular flexibility index (Phi) is 5.39. The molecule has 0 aliphatic heterocycles. The molecule has 6 nitrogen and oxygen atoms in total. The number of carbonyl (C=O) groups excluding carboxylic acids is 1. The van der Waals surface area contributed by atoms with Crippen molar-refractivity contribution in [1.82, 2.24) is 15.1 Å². The van der Waals surface area contributed by atoms with E-state index in [-0.39, 0.29) is 17.2 Å². The number of aromatic nitrogens is 2. The van der Waals surface area contributed by atoms with Gasteiger partial charge < -0.3 is 15.2 Å². The van der Waals surface area contributed by atoms with Gasteiger partial charge in [0.05, 0.1) is 24.4 Å². The Bertz CT molecular complexity index is 707. The molecular weight excluding hydrogens is 294 g/mol. The van der Waals surface area contributed by atoms with Crippen LogP contribution in [0.2, 0.25) is 0 Å². The van der Waals surface area contributed by atoms with Crippen LogP contribution in [0, 0.1) is 20.8 Å². The van der Waals surface area contributed by atoms with E-state index in [0.29, 0.717) is 19.7 Å². The molecule has 0 spiro atoms. The summed E-state index contributed by atoms with van der Waals surface area (Å²) in [6.45, 7) is 7.41. The quantitative estimate of drug-likeness (QED) is 0.855. The van der Waals surface area contributed by atoms with Crippen molar-refractivity contribution in [2.45, 2.75) is 33.9 Å². The Hall–Kier alpha value is -2.34. The monoisotopic (exact) mass is 317 g/mol. The summed E-state index contributed by atoms with van der Waals surface area (Å²) in [5.74, 6) is -0.313. The zero-order chi connectivity index (χ0) is 17.0. The molecule has 0 aliphatic rings. The van der Waals surface area contributed by atoms with E-state index >= 15 is 0 Å². The third-order valence-electron chi connectivity index (χ3n) is 3.86. The van der Waals surface area contributed by atoms with E-state index < -0.39 is 0 Å². The molecule has 0 unspecified atom stereocenters. The molecule has 0 saturated carbocycles. The molecule has 1 heterocycles. The molecule has 1 aromatic heterocycles. The van der Waals surface area contributed by atoms with Crippen molar-refractivity contribution < 1.29 is 14.6 Å². The molecular formula is C17H23N3O3. The fraction of sp³-hybridized carbons (Fsp3) is 0.412. The summed E-state index contributed by atoms with van der Waals surface area (Å²) < 4.78 is 6.95. The molecule has 23 heavy (non-hydrogen) atoms. The Morgan fingerprint density at radius 3 is 2.78 bits per heavy atom. The average Bonchev–Trinajstić information content (AvgIpc) is 2.79. The van der Waals surface area contributed by atoms with Crippen molar-refractivity contribution in [3.8, 4) is 5.75 Å². The summed E-state index contributed by atoms with van der Waals surface area (Å²) in [6.07, 6.45) is 0. The van der Waals surface area contributed by atoms with E-state index in [2.05, 4.69) is 10.4 Å². The van der Waals surface area contributed by atoms with Gasteiger partial charge in [0.25, 0.3) is 5.91 Å². The highest BCUT2D eigenvalue weighted by Gasteiger charge is 2.15. The lowest BCUT2D eigenvalue weighted by atomic mass is 10.1. The topological polar surface area (TPSA) is 76.4 Å². The SMILES string of the molecule is COCCn1nc(C)c(CNC(=O)c2cc(C)ccc2O)c1C. The summed E-state index contributed by atoms with van der Waals surface area (Å²) >= 11 is 0. The highest BCUT2D eigenvalue weighted by atomic mass is 16.5. The van der Waals surface area contributed by atoms with Crippen molar-refractivity contribution in [1.29, 1.82) is 0 Å². The smallest absolute Gasteiger partial charge is 0.255 e. The van der Waals surface area contributed by atoms with E-state index in [4.69, 9.17) is 4.74 Å². The second-order valence-electron chi connectivity index (χ2n) is 5.57. The number of ether oxygens (including phenoxy) is 1. The maximum absolute atomic E-state index is 12.3. The number of hydrogen-bond acceptors (Lipinski definition) is 4. The number of phenols is 1. The van der Waals surface area contributed by atoms with Gasteiger partial charge in [-0.05, 0) is 32.9 Å². The van der Waals surface area contributed by atoms with Crippen molar-refractivity contribution in [2.75, 3.05) is 13.7 Å². The third-order valence-corrected chi connectivity index (χ3v) is 3.86. The Morgan fingerprint density at radius 1 is 1.35 bits per heavy atom. The van der Waals surface area contributed by atoms with Gasteiger partial charge in [0.15, 0.2) is 0 Å². The summed E-state index contributed by atoms with van der Waals surface area (Å²) in [6, 6.07) is 4.97. The number of benzene rings is 1. The van der Waals surface area contributed by atoms with Gasteiger partial charge in [-0.1, -0.05) is 11.6 Å². The first-order valence-electron chi connectivity index (χ1n) is 7.53. The van der Waals surface area contributed by atoms with E-state index in [1.54, 1.807) is 19.2 Å².